The van der Waals surface area contributed by atoms with Crippen LogP contribution in [0.4, 0.5) is 4.39 Å². The fraction of sp³-hybridized carbons (Fsp3) is 0.323. The van der Waals surface area contributed by atoms with Gasteiger partial charge in [-0.25, -0.2) is 14.4 Å². The lowest BCUT2D eigenvalue weighted by atomic mass is 9.93. The zero-order chi connectivity index (χ0) is 26.1. The van der Waals surface area contributed by atoms with Crippen LogP contribution in [0.25, 0.3) is 16.7 Å². The number of imidazole rings is 1. The molecule has 1 saturated heterocycles. The van der Waals surface area contributed by atoms with Gasteiger partial charge in [-0.3, -0.25) is 9.20 Å². The van der Waals surface area contributed by atoms with E-state index in [1.165, 1.54) is 12.1 Å². The number of aromatic nitrogens is 4. The SMILES string of the molecule is Cc1nc2ccccn2c(=O)c1CCN1CCC(Cc2nc3ccccc3n2Cc2ccc(F)cc2)CC1. The smallest absolute Gasteiger partial charge is 0.261 e. The number of aryl methyl sites for hydroxylation is 1. The fourth-order valence-electron chi connectivity index (χ4n) is 5.70. The number of piperidine rings is 1. The van der Waals surface area contributed by atoms with Crippen molar-refractivity contribution in [2.45, 2.75) is 39.2 Å². The van der Waals surface area contributed by atoms with Crippen LogP contribution in [0.5, 0.6) is 0 Å². The van der Waals surface area contributed by atoms with Crippen LogP contribution in [0, 0.1) is 18.7 Å². The molecule has 0 radical (unpaired) electrons. The molecule has 0 saturated carbocycles. The minimum Gasteiger partial charge on any atom is -0.323 e. The van der Waals surface area contributed by atoms with Gasteiger partial charge in [-0.05, 0) is 87.2 Å². The Morgan fingerprint density at radius 3 is 2.53 bits per heavy atom. The molecule has 3 aromatic heterocycles. The lowest BCUT2D eigenvalue weighted by molar-refractivity contribution is 0.184. The molecule has 7 heteroatoms. The van der Waals surface area contributed by atoms with Gasteiger partial charge < -0.3 is 9.47 Å². The maximum atomic E-state index is 13.4. The molecule has 1 fully saturated rings. The van der Waals surface area contributed by atoms with Crippen molar-refractivity contribution >= 4 is 16.7 Å². The normalized spacial score (nSPS) is 15.0. The first-order valence-electron chi connectivity index (χ1n) is 13.4. The summed E-state index contributed by atoms with van der Waals surface area (Å²) in [6, 6.07) is 20.6. The van der Waals surface area contributed by atoms with Crippen LogP contribution >= 0.6 is 0 Å². The second-order valence-electron chi connectivity index (χ2n) is 10.4. The third kappa shape index (κ3) is 4.98. The van der Waals surface area contributed by atoms with E-state index in [2.05, 4.69) is 26.6 Å². The summed E-state index contributed by atoms with van der Waals surface area (Å²) >= 11 is 0. The van der Waals surface area contributed by atoms with Gasteiger partial charge >= 0.3 is 0 Å². The summed E-state index contributed by atoms with van der Waals surface area (Å²) in [6.45, 7) is 5.53. The van der Waals surface area contributed by atoms with Crippen LogP contribution < -0.4 is 5.56 Å². The van der Waals surface area contributed by atoms with E-state index in [9.17, 15) is 9.18 Å². The first-order chi connectivity index (χ1) is 18.5. The second kappa shape index (κ2) is 10.5. The minimum absolute atomic E-state index is 0.0445. The van der Waals surface area contributed by atoms with Crippen molar-refractivity contribution in [3.63, 3.8) is 0 Å². The lowest BCUT2D eigenvalue weighted by Gasteiger charge is -2.32. The van der Waals surface area contributed by atoms with Crippen LogP contribution in [0.2, 0.25) is 0 Å². The molecule has 0 unspecified atom stereocenters. The molecule has 0 amide bonds. The lowest BCUT2D eigenvalue weighted by Crippen LogP contribution is -2.37. The van der Waals surface area contributed by atoms with Crippen molar-refractivity contribution < 1.29 is 4.39 Å². The Balaban J connectivity index is 1.11. The number of fused-ring (bicyclic) bond motifs is 2. The monoisotopic (exact) mass is 509 g/mol. The predicted molar refractivity (Wildman–Crippen MR) is 148 cm³/mol. The number of hydrogen-bond acceptors (Lipinski definition) is 4. The number of rotatable bonds is 7. The maximum Gasteiger partial charge on any atom is 0.261 e. The summed E-state index contributed by atoms with van der Waals surface area (Å²) < 4.78 is 17.4. The molecule has 0 bridgehead atoms. The van der Waals surface area contributed by atoms with Gasteiger partial charge in [0.05, 0.1) is 11.0 Å². The van der Waals surface area contributed by atoms with Gasteiger partial charge in [0.25, 0.3) is 5.56 Å². The summed E-state index contributed by atoms with van der Waals surface area (Å²) in [5.41, 5.74) is 5.58. The molecule has 4 heterocycles. The first kappa shape index (κ1) is 24.5. The van der Waals surface area contributed by atoms with Crippen molar-refractivity contribution in [1.29, 1.82) is 0 Å². The number of benzene rings is 2. The molecule has 5 aromatic rings. The second-order valence-corrected chi connectivity index (χ2v) is 10.4. The Bertz CT molecular complexity index is 1630. The summed E-state index contributed by atoms with van der Waals surface area (Å²) in [5, 5.41) is 0. The van der Waals surface area contributed by atoms with Crippen molar-refractivity contribution in [2.75, 3.05) is 19.6 Å². The molecule has 2 aromatic carbocycles. The molecule has 6 nitrogen and oxygen atoms in total. The predicted octanol–water partition coefficient (Wildman–Crippen LogP) is 5.04. The third-order valence-electron chi connectivity index (χ3n) is 7.88. The molecule has 1 aliphatic rings. The zero-order valence-electron chi connectivity index (χ0n) is 21.7. The number of likely N-dealkylation sites (tertiary alicyclic amines) is 1. The molecule has 0 atom stereocenters. The zero-order valence-corrected chi connectivity index (χ0v) is 21.7. The fourth-order valence-corrected chi connectivity index (χ4v) is 5.70. The van der Waals surface area contributed by atoms with Gasteiger partial charge in [-0.1, -0.05) is 30.3 Å². The van der Waals surface area contributed by atoms with E-state index in [1.54, 1.807) is 10.6 Å². The molecule has 38 heavy (non-hydrogen) atoms. The van der Waals surface area contributed by atoms with Crippen molar-refractivity contribution in [2.24, 2.45) is 5.92 Å². The molecule has 6 rings (SSSR count). The molecule has 0 aliphatic carbocycles. The first-order valence-corrected chi connectivity index (χ1v) is 13.4. The van der Waals surface area contributed by atoms with Crippen molar-refractivity contribution in [3.8, 4) is 0 Å². The molecule has 1 aliphatic heterocycles. The Labute approximate surface area is 221 Å². The van der Waals surface area contributed by atoms with Crippen molar-refractivity contribution in [1.82, 2.24) is 23.8 Å². The van der Waals surface area contributed by atoms with E-state index in [-0.39, 0.29) is 11.4 Å². The van der Waals surface area contributed by atoms with E-state index < -0.39 is 0 Å². The maximum absolute atomic E-state index is 13.4. The quantitative estimate of drug-likeness (QED) is 0.309. The standard InChI is InChI=1S/C31H32FN5O/c1-22-26(31(38)36-16-5-4-8-29(36)33-22)15-19-35-17-13-23(14-18-35)20-30-34-27-6-2-3-7-28(27)37(30)21-24-9-11-25(32)12-10-24/h2-12,16,23H,13-15,17-21H2,1H3. The highest BCUT2D eigenvalue weighted by Crippen LogP contribution is 2.25. The van der Waals surface area contributed by atoms with E-state index in [0.717, 1.165) is 72.6 Å². The molecular weight excluding hydrogens is 477 g/mol. The van der Waals surface area contributed by atoms with Crippen LogP contribution in [-0.4, -0.2) is 43.5 Å². The van der Waals surface area contributed by atoms with Gasteiger partial charge in [0, 0.05) is 37.0 Å². The van der Waals surface area contributed by atoms with Crippen LogP contribution in [0.15, 0.2) is 77.7 Å². The average Bonchev–Trinajstić information content (AvgIpc) is 3.27. The van der Waals surface area contributed by atoms with Crippen LogP contribution in [0.1, 0.15) is 35.5 Å². The van der Waals surface area contributed by atoms with Gasteiger partial charge in [0.2, 0.25) is 0 Å². The van der Waals surface area contributed by atoms with Gasteiger partial charge in [0.1, 0.15) is 17.3 Å². The van der Waals surface area contributed by atoms with Gasteiger partial charge in [-0.2, -0.15) is 0 Å². The molecule has 0 spiro atoms. The average molecular weight is 510 g/mol. The van der Waals surface area contributed by atoms with E-state index in [0.29, 0.717) is 24.5 Å². The Morgan fingerprint density at radius 2 is 1.71 bits per heavy atom. The Hall–Kier alpha value is -3.84. The van der Waals surface area contributed by atoms with E-state index in [4.69, 9.17) is 4.98 Å². The van der Waals surface area contributed by atoms with Crippen molar-refractivity contribution in [3.05, 3.63) is 112 Å². The molecule has 194 valence electrons. The van der Waals surface area contributed by atoms with Crippen LogP contribution in [-0.2, 0) is 19.4 Å². The molecule has 0 N–H and O–H groups in total. The van der Waals surface area contributed by atoms with E-state index >= 15 is 0 Å². The summed E-state index contributed by atoms with van der Waals surface area (Å²) in [4.78, 5) is 25.1. The largest absolute Gasteiger partial charge is 0.323 e. The molecular formula is C31H32FN5O. The Morgan fingerprint density at radius 1 is 0.947 bits per heavy atom. The number of para-hydroxylation sites is 2. The summed E-state index contributed by atoms with van der Waals surface area (Å²) in [6.07, 6.45) is 5.65. The van der Waals surface area contributed by atoms with Gasteiger partial charge in [-0.15, -0.1) is 0 Å². The third-order valence-corrected chi connectivity index (χ3v) is 7.88. The highest BCUT2D eigenvalue weighted by Gasteiger charge is 2.23. The number of halogens is 1. The number of pyridine rings is 1. The Kier molecular flexibility index (Phi) is 6.77. The summed E-state index contributed by atoms with van der Waals surface area (Å²) in [7, 11) is 0. The highest BCUT2D eigenvalue weighted by atomic mass is 19.1. The van der Waals surface area contributed by atoms with E-state index in [1.807, 2.05) is 49.4 Å². The summed E-state index contributed by atoms with van der Waals surface area (Å²) in [5.74, 6) is 1.44. The highest BCUT2D eigenvalue weighted by molar-refractivity contribution is 5.76. The minimum atomic E-state index is -0.214. The van der Waals surface area contributed by atoms with Crippen LogP contribution in [0.3, 0.4) is 0 Å². The topological polar surface area (TPSA) is 55.4 Å². The number of hydrogen-bond donors (Lipinski definition) is 0. The number of nitrogens with zero attached hydrogens (tertiary/aromatic N) is 5. The van der Waals surface area contributed by atoms with Gasteiger partial charge in [0.15, 0.2) is 0 Å².